The van der Waals surface area contributed by atoms with Crippen molar-refractivity contribution < 1.29 is 31.9 Å². The van der Waals surface area contributed by atoms with Crippen molar-refractivity contribution in [3.8, 4) is 16.9 Å². The summed E-state index contributed by atoms with van der Waals surface area (Å²) in [4.78, 5) is 27.0. The number of ether oxygens (including phenoxy) is 1. The van der Waals surface area contributed by atoms with Crippen LogP contribution in [-0.2, 0) is 11.0 Å². The molecule has 36 heavy (non-hydrogen) atoms. The number of alkyl halides is 3. The number of carbonyl (C=O) groups is 2. The molecule has 0 aliphatic carbocycles. The molecule has 0 bridgehead atoms. The molecule has 1 saturated heterocycles. The highest BCUT2D eigenvalue weighted by Gasteiger charge is 2.32. The number of hydrogen-bond acceptors (Lipinski definition) is 3. The molecule has 3 aromatic rings. The van der Waals surface area contributed by atoms with Crippen molar-refractivity contribution in [3.63, 3.8) is 0 Å². The van der Waals surface area contributed by atoms with Gasteiger partial charge in [-0.05, 0) is 66.9 Å². The minimum absolute atomic E-state index is 0.174. The number of benzene rings is 3. The highest BCUT2D eigenvalue weighted by atomic mass is 19.4. The quantitative estimate of drug-likeness (QED) is 0.432. The summed E-state index contributed by atoms with van der Waals surface area (Å²) in [6.45, 7) is 0.469. The highest BCUT2D eigenvalue weighted by Crippen LogP contribution is 2.33. The Balaban J connectivity index is 1.41. The summed E-state index contributed by atoms with van der Waals surface area (Å²) < 4.78 is 56.9. The summed E-state index contributed by atoms with van der Waals surface area (Å²) in [6, 6.07) is 13.9. The van der Waals surface area contributed by atoms with E-state index in [1.165, 1.54) is 19.2 Å². The first-order valence-corrected chi connectivity index (χ1v) is 11.2. The van der Waals surface area contributed by atoms with Gasteiger partial charge in [0, 0.05) is 29.5 Å². The van der Waals surface area contributed by atoms with Crippen LogP contribution in [0, 0.1) is 5.82 Å². The number of nitrogens with zero attached hydrogens (tertiary/aromatic N) is 1. The Kier molecular flexibility index (Phi) is 7.14. The minimum Gasteiger partial charge on any atom is -0.496 e. The van der Waals surface area contributed by atoms with Gasteiger partial charge < -0.3 is 20.3 Å². The van der Waals surface area contributed by atoms with Crippen LogP contribution in [0.15, 0.2) is 66.7 Å². The van der Waals surface area contributed by atoms with Crippen LogP contribution >= 0.6 is 0 Å². The summed E-state index contributed by atoms with van der Waals surface area (Å²) in [6.07, 6.45) is -3.40. The van der Waals surface area contributed by atoms with E-state index in [-0.39, 0.29) is 11.6 Å². The van der Waals surface area contributed by atoms with Crippen LogP contribution in [0.2, 0.25) is 0 Å². The van der Waals surface area contributed by atoms with E-state index in [1.807, 2.05) is 0 Å². The summed E-state index contributed by atoms with van der Waals surface area (Å²) in [5.74, 6) is -0.317. The second kappa shape index (κ2) is 10.3. The average molecular weight is 501 g/mol. The summed E-state index contributed by atoms with van der Waals surface area (Å²) in [5.41, 5.74) is 1.47. The lowest BCUT2D eigenvalue weighted by molar-refractivity contribution is -0.137. The highest BCUT2D eigenvalue weighted by molar-refractivity contribution is 6.01. The summed E-state index contributed by atoms with van der Waals surface area (Å²) >= 11 is 0. The zero-order valence-electron chi connectivity index (χ0n) is 19.2. The van der Waals surface area contributed by atoms with Crippen molar-refractivity contribution in [2.45, 2.75) is 25.1 Å². The Morgan fingerprint density at radius 2 is 1.72 bits per heavy atom. The normalized spacial score (nSPS) is 16.0. The van der Waals surface area contributed by atoms with Crippen LogP contribution in [-0.4, -0.2) is 31.6 Å². The zero-order chi connectivity index (χ0) is 25.9. The van der Waals surface area contributed by atoms with E-state index in [0.717, 1.165) is 29.8 Å². The third-order valence-electron chi connectivity index (χ3n) is 5.87. The number of rotatable bonds is 5. The summed E-state index contributed by atoms with van der Waals surface area (Å²) in [5, 5.41) is 5.06. The molecule has 3 amide bonds. The molecule has 0 aromatic heterocycles. The van der Waals surface area contributed by atoms with E-state index >= 15 is 0 Å². The number of urea groups is 1. The van der Waals surface area contributed by atoms with Crippen molar-refractivity contribution in [3.05, 3.63) is 78.1 Å². The van der Waals surface area contributed by atoms with Crippen molar-refractivity contribution in [1.82, 2.24) is 5.32 Å². The largest absolute Gasteiger partial charge is 0.496 e. The van der Waals surface area contributed by atoms with E-state index in [0.29, 0.717) is 36.4 Å². The van der Waals surface area contributed by atoms with Gasteiger partial charge in [0.25, 0.3) is 0 Å². The maximum absolute atomic E-state index is 13.5. The Morgan fingerprint density at radius 3 is 2.36 bits per heavy atom. The maximum Gasteiger partial charge on any atom is 0.416 e. The summed E-state index contributed by atoms with van der Waals surface area (Å²) in [7, 11) is 1.46. The monoisotopic (exact) mass is 501 g/mol. The fourth-order valence-corrected chi connectivity index (χ4v) is 4.06. The molecule has 1 fully saturated rings. The van der Waals surface area contributed by atoms with Crippen LogP contribution in [0.3, 0.4) is 0 Å². The molecule has 10 heteroatoms. The Morgan fingerprint density at radius 1 is 1.03 bits per heavy atom. The Bertz CT molecular complexity index is 1240. The average Bonchev–Trinajstić information content (AvgIpc) is 2.85. The standard InChI is InChI=1S/C26H23F4N3O3/c1-36-23-15-18(27)8-13-21(23)16-4-11-20(12-5-16)33-14-2-3-22(24(33)34)32-25(35)31-19-9-6-17(7-10-19)26(28,29)30/h4-13,15,22H,2-3,14H2,1H3,(H2,31,32,35)/t22-/m1/s1. The van der Waals surface area contributed by atoms with Crippen molar-refractivity contribution >= 4 is 23.3 Å². The molecule has 4 rings (SSSR count). The fraction of sp³-hybridized carbons (Fsp3) is 0.231. The molecule has 2 N–H and O–H groups in total. The van der Waals surface area contributed by atoms with E-state index < -0.39 is 29.6 Å². The lowest BCUT2D eigenvalue weighted by Gasteiger charge is -2.32. The van der Waals surface area contributed by atoms with Gasteiger partial charge in [0.1, 0.15) is 17.6 Å². The van der Waals surface area contributed by atoms with E-state index in [1.54, 1.807) is 35.2 Å². The number of piperidine rings is 1. The van der Waals surface area contributed by atoms with Crippen molar-refractivity contribution in [1.29, 1.82) is 0 Å². The second-order valence-electron chi connectivity index (χ2n) is 8.25. The Labute approximate surface area is 204 Å². The molecular formula is C26H23F4N3O3. The molecule has 1 heterocycles. The SMILES string of the molecule is COc1cc(F)ccc1-c1ccc(N2CCC[C@@H](NC(=O)Nc3ccc(C(F)(F)F)cc3)C2=O)cc1. The molecule has 0 saturated carbocycles. The van der Waals surface area contributed by atoms with Crippen LogP contribution < -0.4 is 20.3 Å². The van der Waals surface area contributed by atoms with Crippen LogP contribution in [0.1, 0.15) is 18.4 Å². The number of hydrogen-bond donors (Lipinski definition) is 2. The van der Waals surface area contributed by atoms with Gasteiger partial charge in [-0.2, -0.15) is 13.2 Å². The Hall–Kier alpha value is -4.08. The van der Waals surface area contributed by atoms with Gasteiger partial charge in [-0.25, -0.2) is 9.18 Å². The first kappa shape index (κ1) is 25.0. The molecule has 3 aromatic carbocycles. The number of methoxy groups -OCH3 is 1. The maximum atomic E-state index is 13.5. The molecule has 1 atom stereocenters. The van der Waals surface area contributed by atoms with Gasteiger partial charge >= 0.3 is 12.2 Å². The molecule has 0 unspecified atom stereocenters. The van der Waals surface area contributed by atoms with E-state index in [2.05, 4.69) is 10.6 Å². The van der Waals surface area contributed by atoms with Gasteiger partial charge in [0.2, 0.25) is 5.91 Å². The molecule has 1 aliphatic heterocycles. The zero-order valence-corrected chi connectivity index (χ0v) is 19.2. The molecule has 188 valence electrons. The van der Waals surface area contributed by atoms with Crippen LogP contribution in [0.25, 0.3) is 11.1 Å². The lowest BCUT2D eigenvalue weighted by Crippen LogP contribution is -2.53. The topological polar surface area (TPSA) is 70.7 Å². The molecular weight excluding hydrogens is 478 g/mol. The smallest absolute Gasteiger partial charge is 0.416 e. The van der Waals surface area contributed by atoms with Gasteiger partial charge in [0.15, 0.2) is 0 Å². The van der Waals surface area contributed by atoms with Crippen molar-refractivity contribution in [2.24, 2.45) is 0 Å². The first-order chi connectivity index (χ1) is 17.2. The van der Waals surface area contributed by atoms with Gasteiger partial charge in [-0.3, -0.25) is 4.79 Å². The van der Waals surface area contributed by atoms with Gasteiger partial charge in [0.05, 0.1) is 12.7 Å². The molecule has 6 nitrogen and oxygen atoms in total. The molecule has 0 spiro atoms. The fourth-order valence-electron chi connectivity index (χ4n) is 4.06. The van der Waals surface area contributed by atoms with Crippen LogP contribution in [0.4, 0.5) is 33.7 Å². The third-order valence-corrected chi connectivity index (χ3v) is 5.87. The number of anilines is 2. The van der Waals surface area contributed by atoms with Crippen molar-refractivity contribution in [2.75, 3.05) is 23.9 Å². The number of carbonyl (C=O) groups excluding carboxylic acids is 2. The number of amides is 3. The number of halogens is 4. The van der Waals surface area contributed by atoms with E-state index in [4.69, 9.17) is 4.74 Å². The predicted octanol–water partition coefficient (Wildman–Crippen LogP) is 5.84. The van der Waals surface area contributed by atoms with Gasteiger partial charge in [-0.15, -0.1) is 0 Å². The first-order valence-electron chi connectivity index (χ1n) is 11.2. The second-order valence-corrected chi connectivity index (χ2v) is 8.25. The minimum atomic E-state index is -4.47. The van der Waals surface area contributed by atoms with Crippen LogP contribution in [0.5, 0.6) is 5.75 Å². The number of nitrogens with one attached hydrogen (secondary N) is 2. The molecule has 0 radical (unpaired) electrons. The third kappa shape index (κ3) is 5.59. The van der Waals surface area contributed by atoms with Gasteiger partial charge in [-0.1, -0.05) is 12.1 Å². The lowest BCUT2D eigenvalue weighted by atomic mass is 10.0. The molecule has 1 aliphatic rings. The predicted molar refractivity (Wildman–Crippen MR) is 127 cm³/mol. The van der Waals surface area contributed by atoms with E-state index in [9.17, 15) is 27.2 Å².